The Labute approximate surface area is 131 Å². The van der Waals surface area contributed by atoms with Crippen LogP contribution in [0.25, 0.3) is 11.3 Å². The minimum Gasteiger partial charge on any atom is -0.497 e. The number of hydrogen-bond acceptors (Lipinski definition) is 4. The highest BCUT2D eigenvalue weighted by Gasteiger charge is 2.21. The van der Waals surface area contributed by atoms with Crippen LogP contribution in [0.5, 0.6) is 11.5 Å². The van der Waals surface area contributed by atoms with Crippen molar-refractivity contribution >= 4 is 5.82 Å². The molecule has 0 radical (unpaired) electrons. The lowest BCUT2D eigenvalue weighted by Crippen LogP contribution is -2.07. The van der Waals surface area contributed by atoms with E-state index >= 15 is 0 Å². The van der Waals surface area contributed by atoms with Gasteiger partial charge in [-0.05, 0) is 38.3 Å². The lowest BCUT2D eigenvalue weighted by Gasteiger charge is -2.08. The molecular weight excluding hydrogens is 278 g/mol. The van der Waals surface area contributed by atoms with Gasteiger partial charge in [-0.1, -0.05) is 0 Å². The molecular formula is C17H23N3O2. The van der Waals surface area contributed by atoms with Crippen molar-refractivity contribution in [3.05, 3.63) is 23.8 Å². The lowest BCUT2D eigenvalue weighted by atomic mass is 10.0. The molecule has 1 aliphatic rings. The fraction of sp³-hybridized carbons (Fsp3) is 0.471. The van der Waals surface area contributed by atoms with E-state index in [0.29, 0.717) is 0 Å². The van der Waals surface area contributed by atoms with Crippen molar-refractivity contribution < 1.29 is 9.47 Å². The maximum Gasteiger partial charge on any atom is 0.128 e. The molecule has 1 aromatic heterocycles. The predicted molar refractivity (Wildman–Crippen MR) is 87.9 cm³/mol. The van der Waals surface area contributed by atoms with E-state index in [2.05, 4.69) is 16.9 Å². The van der Waals surface area contributed by atoms with Crippen molar-refractivity contribution in [2.24, 2.45) is 0 Å². The van der Waals surface area contributed by atoms with Gasteiger partial charge >= 0.3 is 0 Å². The summed E-state index contributed by atoms with van der Waals surface area (Å²) in [6.07, 6.45) is 3.43. The number of fused-ring (bicyclic) bond motifs is 1. The van der Waals surface area contributed by atoms with Crippen LogP contribution in [0.2, 0.25) is 0 Å². The molecule has 0 saturated heterocycles. The average Bonchev–Trinajstić information content (AvgIpc) is 2.74. The summed E-state index contributed by atoms with van der Waals surface area (Å²) in [6.45, 7) is 3.99. The van der Waals surface area contributed by atoms with Crippen LogP contribution in [0, 0.1) is 0 Å². The molecule has 0 bridgehead atoms. The summed E-state index contributed by atoms with van der Waals surface area (Å²) >= 11 is 0. The van der Waals surface area contributed by atoms with Gasteiger partial charge in [0.2, 0.25) is 0 Å². The number of benzene rings is 1. The minimum atomic E-state index is 0.788. The summed E-state index contributed by atoms with van der Waals surface area (Å²) in [5, 5.41) is 8.35. The standard InChI is InChI=1S/C17H23N3O2/c1-4-20-17-15(7-5-6-8-18-17)16(19-20)12-9-13(21-2)11-14(10-12)22-3/h9-11,18H,4-8H2,1-3H3. The number of hydrogen-bond donors (Lipinski definition) is 1. The van der Waals surface area contributed by atoms with Gasteiger partial charge in [0.1, 0.15) is 17.3 Å². The molecule has 2 aromatic rings. The van der Waals surface area contributed by atoms with Crippen molar-refractivity contribution in [1.29, 1.82) is 0 Å². The molecule has 0 saturated carbocycles. The Morgan fingerprint density at radius 1 is 1.14 bits per heavy atom. The number of nitrogens with one attached hydrogen (secondary N) is 1. The van der Waals surface area contributed by atoms with Gasteiger partial charge in [0, 0.05) is 30.3 Å². The van der Waals surface area contributed by atoms with Crippen molar-refractivity contribution in [2.75, 3.05) is 26.1 Å². The van der Waals surface area contributed by atoms with Crippen molar-refractivity contribution in [3.63, 3.8) is 0 Å². The van der Waals surface area contributed by atoms with Gasteiger partial charge < -0.3 is 14.8 Å². The zero-order valence-corrected chi connectivity index (χ0v) is 13.5. The zero-order valence-electron chi connectivity index (χ0n) is 13.5. The third-order valence-electron chi connectivity index (χ3n) is 4.12. The summed E-state index contributed by atoms with van der Waals surface area (Å²) in [4.78, 5) is 0. The van der Waals surface area contributed by atoms with E-state index in [9.17, 15) is 0 Å². The van der Waals surface area contributed by atoms with Gasteiger partial charge in [-0.3, -0.25) is 0 Å². The topological polar surface area (TPSA) is 48.3 Å². The van der Waals surface area contributed by atoms with Crippen molar-refractivity contribution in [1.82, 2.24) is 9.78 Å². The molecule has 5 nitrogen and oxygen atoms in total. The Morgan fingerprint density at radius 2 is 1.86 bits per heavy atom. The fourth-order valence-electron chi connectivity index (χ4n) is 2.97. The molecule has 0 atom stereocenters. The number of aryl methyl sites for hydroxylation is 1. The van der Waals surface area contributed by atoms with E-state index in [4.69, 9.17) is 14.6 Å². The van der Waals surface area contributed by atoms with Gasteiger partial charge in [0.05, 0.1) is 19.9 Å². The van der Waals surface area contributed by atoms with E-state index in [-0.39, 0.29) is 0 Å². The highest BCUT2D eigenvalue weighted by atomic mass is 16.5. The third-order valence-corrected chi connectivity index (χ3v) is 4.12. The molecule has 0 fully saturated rings. The number of rotatable bonds is 4. The summed E-state index contributed by atoms with van der Waals surface area (Å²) in [6, 6.07) is 5.93. The summed E-state index contributed by atoms with van der Waals surface area (Å²) in [5.74, 6) is 2.74. The quantitative estimate of drug-likeness (QED) is 0.941. The summed E-state index contributed by atoms with van der Waals surface area (Å²) in [7, 11) is 3.34. The monoisotopic (exact) mass is 301 g/mol. The number of nitrogens with zero attached hydrogens (tertiary/aromatic N) is 2. The molecule has 0 unspecified atom stereocenters. The second-order valence-electron chi connectivity index (χ2n) is 5.48. The highest BCUT2D eigenvalue weighted by Crippen LogP contribution is 2.35. The normalized spacial score (nSPS) is 14.0. The molecule has 0 aliphatic carbocycles. The van der Waals surface area contributed by atoms with Crippen LogP contribution >= 0.6 is 0 Å². The molecule has 22 heavy (non-hydrogen) atoms. The molecule has 1 aliphatic heterocycles. The Kier molecular flexibility index (Phi) is 4.22. The number of anilines is 1. The van der Waals surface area contributed by atoms with Crippen molar-refractivity contribution in [3.8, 4) is 22.8 Å². The first-order valence-electron chi connectivity index (χ1n) is 7.83. The predicted octanol–water partition coefficient (Wildman–Crippen LogP) is 3.34. The number of ether oxygens (including phenoxy) is 2. The fourth-order valence-corrected chi connectivity index (χ4v) is 2.97. The van der Waals surface area contributed by atoms with E-state index in [1.54, 1.807) is 14.2 Å². The second kappa shape index (κ2) is 6.30. The second-order valence-corrected chi connectivity index (χ2v) is 5.48. The van der Waals surface area contributed by atoms with Crippen LogP contribution in [0.4, 0.5) is 5.82 Å². The molecule has 2 heterocycles. The molecule has 1 N–H and O–H groups in total. The first-order valence-corrected chi connectivity index (χ1v) is 7.83. The van der Waals surface area contributed by atoms with Gasteiger partial charge in [-0.2, -0.15) is 5.10 Å². The third kappa shape index (κ3) is 2.63. The van der Waals surface area contributed by atoms with Crippen LogP contribution in [-0.4, -0.2) is 30.5 Å². The lowest BCUT2D eigenvalue weighted by molar-refractivity contribution is 0.394. The number of methoxy groups -OCH3 is 2. The van der Waals surface area contributed by atoms with Gasteiger partial charge in [-0.15, -0.1) is 0 Å². The van der Waals surface area contributed by atoms with Crippen LogP contribution in [-0.2, 0) is 13.0 Å². The molecule has 118 valence electrons. The van der Waals surface area contributed by atoms with Crippen molar-refractivity contribution in [2.45, 2.75) is 32.7 Å². The molecule has 3 rings (SSSR count). The van der Waals surface area contributed by atoms with E-state index in [1.165, 1.54) is 18.4 Å². The molecule has 0 spiro atoms. The molecule has 5 heteroatoms. The van der Waals surface area contributed by atoms with Crippen LogP contribution < -0.4 is 14.8 Å². The molecule has 0 amide bonds. The zero-order chi connectivity index (χ0) is 15.5. The average molecular weight is 301 g/mol. The molecule has 1 aromatic carbocycles. The minimum absolute atomic E-state index is 0.788. The van der Waals surface area contributed by atoms with Gasteiger partial charge in [-0.25, -0.2) is 4.68 Å². The SMILES string of the molecule is CCn1nc(-c2cc(OC)cc(OC)c2)c2c1NCCCC2. The summed E-state index contributed by atoms with van der Waals surface area (Å²) in [5.41, 5.74) is 3.38. The number of aromatic nitrogens is 2. The Morgan fingerprint density at radius 3 is 2.50 bits per heavy atom. The Hall–Kier alpha value is -2.17. The first-order chi connectivity index (χ1) is 10.8. The highest BCUT2D eigenvalue weighted by molar-refractivity contribution is 5.72. The van der Waals surface area contributed by atoms with Crippen LogP contribution in [0.3, 0.4) is 0 Å². The summed E-state index contributed by atoms with van der Waals surface area (Å²) < 4.78 is 12.8. The van der Waals surface area contributed by atoms with E-state index in [1.807, 2.05) is 18.2 Å². The Bertz CT molecular complexity index is 642. The van der Waals surface area contributed by atoms with Gasteiger partial charge in [0.15, 0.2) is 0 Å². The maximum absolute atomic E-state index is 5.39. The van der Waals surface area contributed by atoms with Gasteiger partial charge in [0.25, 0.3) is 0 Å². The largest absolute Gasteiger partial charge is 0.497 e. The smallest absolute Gasteiger partial charge is 0.128 e. The van der Waals surface area contributed by atoms with E-state index < -0.39 is 0 Å². The van der Waals surface area contributed by atoms with Crippen LogP contribution in [0.1, 0.15) is 25.3 Å². The van der Waals surface area contributed by atoms with E-state index in [0.717, 1.165) is 48.1 Å². The van der Waals surface area contributed by atoms with Crippen LogP contribution in [0.15, 0.2) is 18.2 Å². The Balaban J connectivity index is 2.13. The first kappa shape index (κ1) is 14.8. The maximum atomic E-state index is 5.39.